The molecule has 0 fully saturated rings. The number of rotatable bonds is 11. The summed E-state index contributed by atoms with van der Waals surface area (Å²) in [5, 5.41) is 16.4. The molecule has 2 rings (SSSR count). The Balaban J connectivity index is 1.75. The van der Waals surface area contributed by atoms with Gasteiger partial charge in [-0.1, -0.05) is 43.8 Å². The molecule has 1 heterocycles. The first-order valence-electron chi connectivity index (χ1n) is 10.6. The van der Waals surface area contributed by atoms with Gasteiger partial charge in [-0.05, 0) is 44.1 Å². The van der Waals surface area contributed by atoms with E-state index in [0.717, 1.165) is 54.2 Å². The van der Waals surface area contributed by atoms with Crippen LogP contribution in [0.15, 0.2) is 34.4 Å². The Hall–Kier alpha value is -2.22. The zero-order valence-electron chi connectivity index (χ0n) is 19.1. The molecule has 1 unspecified atom stereocenters. The average molecular weight is 433 g/mol. The maximum atomic E-state index is 6.02. The summed E-state index contributed by atoms with van der Waals surface area (Å²) >= 11 is 1.65. The van der Waals surface area contributed by atoms with Crippen LogP contribution in [0.1, 0.15) is 38.6 Å². The standard InChI is InChI=1S/C22H36N6OS/c1-16(2)15-28-20(26-27-22(28)30-6)12-9-13-24-21(23-5)25-14-18(4)29-19-11-8-7-10-17(19)3/h7-8,10-11,16,18H,9,12-15H2,1-6H3,(H2,23,24,25). The number of hydrogen-bond acceptors (Lipinski definition) is 5. The Labute approximate surface area is 185 Å². The zero-order valence-corrected chi connectivity index (χ0v) is 19.9. The van der Waals surface area contributed by atoms with Crippen molar-refractivity contribution in [1.29, 1.82) is 0 Å². The van der Waals surface area contributed by atoms with Crippen molar-refractivity contribution >= 4 is 17.7 Å². The molecule has 1 atom stereocenters. The maximum absolute atomic E-state index is 6.02. The van der Waals surface area contributed by atoms with Crippen LogP contribution in [0.2, 0.25) is 0 Å². The van der Waals surface area contributed by atoms with Gasteiger partial charge in [0.15, 0.2) is 11.1 Å². The van der Waals surface area contributed by atoms with E-state index in [-0.39, 0.29) is 6.10 Å². The highest BCUT2D eigenvalue weighted by Crippen LogP contribution is 2.18. The van der Waals surface area contributed by atoms with Gasteiger partial charge in [-0.25, -0.2) is 0 Å². The predicted octanol–water partition coefficient (Wildman–Crippen LogP) is 3.53. The summed E-state index contributed by atoms with van der Waals surface area (Å²) in [4.78, 5) is 4.31. The van der Waals surface area contributed by atoms with E-state index in [1.807, 2.05) is 24.5 Å². The number of para-hydroxylation sites is 1. The Bertz CT molecular complexity index is 805. The molecular formula is C22H36N6OS. The van der Waals surface area contributed by atoms with Gasteiger partial charge in [0.25, 0.3) is 0 Å². The van der Waals surface area contributed by atoms with E-state index in [2.05, 4.69) is 64.2 Å². The summed E-state index contributed by atoms with van der Waals surface area (Å²) < 4.78 is 8.26. The lowest BCUT2D eigenvalue weighted by Crippen LogP contribution is -2.42. The molecule has 166 valence electrons. The molecule has 1 aromatic heterocycles. The maximum Gasteiger partial charge on any atom is 0.191 e. The van der Waals surface area contributed by atoms with Crippen molar-refractivity contribution in [2.24, 2.45) is 10.9 Å². The number of nitrogens with zero attached hydrogens (tertiary/aromatic N) is 4. The lowest BCUT2D eigenvalue weighted by Gasteiger charge is -2.18. The van der Waals surface area contributed by atoms with Crippen LogP contribution < -0.4 is 15.4 Å². The number of nitrogens with one attached hydrogen (secondary N) is 2. The van der Waals surface area contributed by atoms with Crippen LogP contribution in [0, 0.1) is 12.8 Å². The molecule has 8 heteroatoms. The van der Waals surface area contributed by atoms with Crippen LogP contribution >= 0.6 is 11.8 Å². The second-order valence-electron chi connectivity index (χ2n) is 7.78. The molecule has 0 aliphatic carbocycles. The summed E-state index contributed by atoms with van der Waals surface area (Å²) in [6.07, 6.45) is 3.92. The first-order valence-corrected chi connectivity index (χ1v) is 11.8. The van der Waals surface area contributed by atoms with Crippen molar-refractivity contribution in [2.75, 3.05) is 26.4 Å². The molecule has 0 amide bonds. The lowest BCUT2D eigenvalue weighted by molar-refractivity contribution is 0.222. The topological polar surface area (TPSA) is 76.4 Å². The van der Waals surface area contributed by atoms with Gasteiger partial charge in [0.2, 0.25) is 0 Å². The number of thioether (sulfide) groups is 1. The van der Waals surface area contributed by atoms with E-state index in [1.165, 1.54) is 0 Å². The molecule has 7 nitrogen and oxygen atoms in total. The number of aromatic nitrogens is 3. The molecule has 0 bridgehead atoms. The normalized spacial score (nSPS) is 12.8. The summed E-state index contributed by atoms with van der Waals surface area (Å²) in [5.74, 6) is 3.32. The molecule has 0 radical (unpaired) electrons. The van der Waals surface area contributed by atoms with Gasteiger partial charge >= 0.3 is 0 Å². The predicted molar refractivity (Wildman–Crippen MR) is 126 cm³/mol. The number of benzene rings is 1. The number of aliphatic imine (C=N–C) groups is 1. The van der Waals surface area contributed by atoms with Gasteiger partial charge in [0.1, 0.15) is 17.7 Å². The highest BCUT2D eigenvalue weighted by atomic mass is 32.2. The van der Waals surface area contributed by atoms with Crippen molar-refractivity contribution in [3.8, 4) is 5.75 Å². The van der Waals surface area contributed by atoms with Crippen molar-refractivity contribution in [3.05, 3.63) is 35.7 Å². The largest absolute Gasteiger partial charge is 0.489 e. The smallest absolute Gasteiger partial charge is 0.191 e. The minimum atomic E-state index is 0.0317. The van der Waals surface area contributed by atoms with E-state index in [9.17, 15) is 0 Å². The minimum absolute atomic E-state index is 0.0317. The van der Waals surface area contributed by atoms with Crippen molar-refractivity contribution in [2.45, 2.75) is 58.3 Å². The van der Waals surface area contributed by atoms with Crippen LogP contribution in [0.3, 0.4) is 0 Å². The third-order valence-corrected chi connectivity index (χ3v) is 5.26. The fraction of sp³-hybridized carbons (Fsp3) is 0.591. The van der Waals surface area contributed by atoms with Gasteiger partial charge < -0.3 is 19.9 Å². The van der Waals surface area contributed by atoms with Gasteiger partial charge in [-0.2, -0.15) is 0 Å². The summed E-state index contributed by atoms with van der Waals surface area (Å²) in [7, 11) is 1.78. The van der Waals surface area contributed by atoms with Crippen LogP contribution in [0.5, 0.6) is 5.75 Å². The third-order valence-electron chi connectivity index (χ3n) is 4.60. The Morgan fingerprint density at radius 2 is 1.97 bits per heavy atom. The van der Waals surface area contributed by atoms with Crippen LogP contribution in [-0.4, -0.2) is 53.2 Å². The van der Waals surface area contributed by atoms with Gasteiger partial charge in [-0.15, -0.1) is 10.2 Å². The Morgan fingerprint density at radius 1 is 1.20 bits per heavy atom. The first kappa shape index (κ1) is 24.1. The minimum Gasteiger partial charge on any atom is -0.489 e. The number of ether oxygens (including phenoxy) is 1. The Morgan fingerprint density at radius 3 is 2.63 bits per heavy atom. The van der Waals surface area contributed by atoms with Gasteiger partial charge in [0, 0.05) is 26.6 Å². The molecule has 2 aromatic rings. The van der Waals surface area contributed by atoms with E-state index in [4.69, 9.17) is 4.74 Å². The highest BCUT2D eigenvalue weighted by Gasteiger charge is 2.12. The van der Waals surface area contributed by atoms with Gasteiger partial charge in [0.05, 0.1) is 6.54 Å². The van der Waals surface area contributed by atoms with Crippen LogP contribution in [0.25, 0.3) is 0 Å². The molecule has 0 saturated carbocycles. The van der Waals surface area contributed by atoms with Crippen LogP contribution in [0.4, 0.5) is 0 Å². The molecule has 0 saturated heterocycles. The van der Waals surface area contributed by atoms with Crippen molar-refractivity contribution < 1.29 is 4.74 Å². The quantitative estimate of drug-likeness (QED) is 0.245. The molecule has 2 N–H and O–H groups in total. The third kappa shape index (κ3) is 7.55. The highest BCUT2D eigenvalue weighted by molar-refractivity contribution is 7.98. The Kier molecular flexibility index (Phi) is 10.00. The SMILES string of the molecule is CN=C(NCCCc1nnc(SC)n1CC(C)C)NCC(C)Oc1ccccc1C. The molecule has 0 spiro atoms. The van der Waals surface area contributed by atoms with E-state index >= 15 is 0 Å². The monoisotopic (exact) mass is 432 g/mol. The van der Waals surface area contributed by atoms with Crippen molar-refractivity contribution in [3.63, 3.8) is 0 Å². The molecule has 0 aliphatic rings. The molecule has 1 aromatic carbocycles. The summed E-state index contributed by atoms with van der Waals surface area (Å²) in [5.41, 5.74) is 1.14. The van der Waals surface area contributed by atoms with E-state index in [0.29, 0.717) is 12.5 Å². The van der Waals surface area contributed by atoms with Crippen molar-refractivity contribution in [1.82, 2.24) is 25.4 Å². The van der Waals surface area contributed by atoms with E-state index in [1.54, 1.807) is 18.8 Å². The molecule has 0 aliphatic heterocycles. The first-order chi connectivity index (χ1) is 14.4. The molecule has 30 heavy (non-hydrogen) atoms. The summed E-state index contributed by atoms with van der Waals surface area (Å²) in [6.45, 7) is 11.0. The summed E-state index contributed by atoms with van der Waals surface area (Å²) in [6, 6.07) is 8.07. The van der Waals surface area contributed by atoms with Gasteiger partial charge in [-0.3, -0.25) is 4.99 Å². The number of guanidine groups is 1. The second kappa shape index (κ2) is 12.5. The number of aryl methyl sites for hydroxylation is 2. The average Bonchev–Trinajstić information content (AvgIpc) is 3.10. The molecular weight excluding hydrogens is 396 g/mol. The number of hydrogen-bond donors (Lipinski definition) is 2. The lowest BCUT2D eigenvalue weighted by atomic mass is 10.2. The van der Waals surface area contributed by atoms with Crippen LogP contribution in [-0.2, 0) is 13.0 Å². The fourth-order valence-electron chi connectivity index (χ4n) is 3.06. The van der Waals surface area contributed by atoms with E-state index < -0.39 is 0 Å². The zero-order chi connectivity index (χ0) is 21.9. The second-order valence-corrected chi connectivity index (χ2v) is 8.56. The fourth-order valence-corrected chi connectivity index (χ4v) is 3.59.